The average molecular weight is 248 g/mol. The zero-order valence-electron chi connectivity index (χ0n) is 11.0. The minimum absolute atomic E-state index is 0.164. The molecule has 0 saturated heterocycles. The fraction of sp³-hybridized carbons (Fsp3) is 0.278. The largest absolute Gasteiger partial charge is 0.295 e. The minimum atomic E-state index is 0.164. The molecule has 0 heterocycles. The van der Waals surface area contributed by atoms with Crippen molar-refractivity contribution in [1.29, 1.82) is 0 Å². The van der Waals surface area contributed by atoms with E-state index < -0.39 is 0 Å². The molecule has 2 aromatic carbocycles. The topological polar surface area (TPSA) is 17.1 Å². The van der Waals surface area contributed by atoms with Crippen LogP contribution < -0.4 is 0 Å². The van der Waals surface area contributed by atoms with Gasteiger partial charge in [-0.2, -0.15) is 0 Å². The SMILES string of the molecule is CC(=O)c1ccc2c(c1)C1CCC2c2ccccc21. The number of ketones is 1. The lowest BCUT2D eigenvalue weighted by atomic mass is 9.63. The number of fused-ring (bicyclic) bond motifs is 1. The van der Waals surface area contributed by atoms with Crippen molar-refractivity contribution >= 4 is 5.78 Å². The third-order valence-electron chi connectivity index (χ3n) is 4.74. The Balaban J connectivity index is 1.95. The van der Waals surface area contributed by atoms with Crippen molar-refractivity contribution in [3.63, 3.8) is 0 Å². The molecule has 0 fully saturated rings. The van der Waals surface area contributed by atoms with Gasteiger partial charge in [-0.1, -0.05) is 36.4 Å². The van der Waals surface area contributed by atoms with E-state index in [1.807, 2.05) is 6.07 Å². The molecule has 3 aliphatic carbocycles. The maximum atomic E-state index is 11.6. The van der Waals surface area contributed by atoms with Crippen molar-refractivity contribution in [2.24, 2.45) is 0 Å². The first-order chi connectivity index (χ1) is 9.25. The summed E-state index contributed by atoms with van der Waals surface area (Å²) in [6.07, 6.45) is 2.46. The van der Waals surface area contributed by atoms with Crippen LogP contribution in [0.25, 0.3) is 0 Å². The third-order valence-corrected chi connectivity index (χ3v) is 4.74. The maximum Gasteiger partial charge on any atom is 0.159 e. The van der Waals surface area contributed by atoms with Crippen LogP contribution in [0, 0.1) is 0 Å². The predicted octanol–water partition coefficient (Wildman–Crippen LogP) is 4.26. The van der Waals surface area contributed by atoms with Crippen LogP contribution >= 0.6 is 0 Å². The molecule has 0 aromatic heterocycles. The van der Waals surface area contributed by atoms with Gasteiger partial charge in [-0.15, -0.1) is 0 Å². The Morgan fingerprint density at radius 2 is 1.47 bits per heavy atom. The number of carbonyl (C=O) groups excluding carboxylic acids is 1. The van der Waals surface area contributed by atoms with E-state index in [0.717, 1.165) is 5.56 Å². The third kappa shape index (κ3) is 1.45. The Labute approximate surface area is 113 Å². The van der Waals surface area contributed by atoms with Gasteiger partial charge in [0.1, 0.15) is 0 Å². The van der Waals surface area contributed by atoms with E-state index >= 15 is 0 Å². The summed E-state index contributed by atoms with van der Waals surface area (Å²) in [5, 5.41) is 0. The number of hydrogen-bond acceptors (Lipinski definition) is 1. The van der Waals surface area contributed by atoms with E-state index in [0.29, 0.717) is 11.8 Å². The normalized spacial score (nSPS) is 22.8. The van der Waals surface area contributed by atoms with Crippen LogP contribution in [-0.2, 0) is 0 Å². The summed E-state index contributed by atoms with van der Waals surface area (Å²) < 4.78 is 0. The van der Waals surface area contributed by atoms with E-state index in [-0.39, 0.29) is 5.78 Å². The molecule has 0 saturated carbocycles. The molecular weight excluding hydrogens is 232 g/mol. The molecule has 3 aliphatic rings. The van der Waals surface area contributed by atoms with Crippen LogP contribution in [-0.4, -0.2) is 5.78 Å². The van der Waals surface area contributed by atoms with Gasteiger partial charge in [0.25, 0.3) is 0 Å². The van der Waals surface area contributed by atoms with Crippen molar-refractivity contribution in [3.05, 3.63) is 70.3 Å². The van der Waals surface area contributed by atoms with E-state index in [1.165, 1.54) is 35.1 Å². The lowest BCUT2D eigenvalue weighted by Gasteiger charge is -2.40. The highest BCUT2D eigenvalue weighted by Crippen LogP contribution is 2.52. The Morgan fingerprint density at radius 3 is 2.11 bits per heavy atom. The van der Waals surface area contributed by atoms with Crippen molar-refractivity contribution < 1.29 is 4.79 Å². The minimum Gasteiger partial charge on any atom is -0.295 e. The lowest BCUT2D eigenvalue weighted by molar-refractivity contribution is 0.101. The highest BCUT2D eigenvalue weighted by molar-refractivity contribution is 5.94. The van der Waals surface area contributed by atoms with E-state index in [1.54, 1.807) is 6.92 Å². The van der Waals surface area contributed by atoms with Crippen molar-refractivity contribution in [3.8, 4) is 0 Å². The van der Waals surface area contributed by atoms with Gasteiger partial charge in [-0.3, -0.25) is 4.79 Å². The van der Waals surface area contributed by atoms with Crippen LogP contribution in [0.15, 0.2) is 42.5 Å². The smallest absolute Gasteiger partial charge is 0.159 e. The standard InChI is InChI=1S/C18H16O/c1-11(19)12-6-7-16-15-8-9-17(18(16)10-12)14-5-3-2-4-13(14)15/h2-7,10,15,17H,8-9H2,1H3. The van der Waals surface area contributed by atoms with Crippen LogP contribution in [0.5, 0.6) is 0 Å². The van der Waals surface area contributed by atoms with Crippen LogP contribution in [0.3, 0.4) is 0 Å². The first kappa shape index (κ1) is 11.0. The fourth-order valence-corrected chi connectivity index (χ4v) is 3.85. The van der Waals surface area contributed by atoms with Crippen molar-refractivity contribution in [1.82, 2.24) is 0 Å². The van der Waals surface area contributed by atoms with Gasteiger partial charge in [-0.05, 0) is 48.1 Å². The van der Waals surface area contributed by atoms with Crippen LogP contribution in [0.4, 0.5) is 0 Å². The second-order valence-electron chi connectivity index (χ2n) is 5.71. The number of carbonyl (C=O) groups is 1. The van der Waals surface area contributed by atoms with Gasteiger partial charge in [-0.25, -0.2) is 0 Å². The number of Topliss-reactive ketones (excluding diaryl/α,β-unsaturated/α-hetero) is 1. The first-order valence-corrected chi connectivity index (χ1v) is 6.99. The Bertz CT molecular complexity index is 684. The molecule has 0 aliphatic heterocycles. The quantitative estimate of drug-likeness (QED) is 0.689. The highest BCUT2D eigenvalue weighted by Gasteiger charge is 2.36. The van der Waals surface area contributed by atoms with Gasteiger partial charge in [0.15, 0.2) is 5.78 Å². The Hall–Kier alpha value is -1.89. The molecule has 2 bridgehead atoms. The number of hydrogen-bond donors (Lipinski definition) is 0. The molecule has 1 heteroatoms. The van der Waals surface area contributed by atoms with Crippen molar-refractivity contribution in [2.75, 3.05) is 0 Å². The molecule has 2 atom stereocenters. The molecular formula is C18H16O. The Kier molecular flexibility index (Phi) is 2.20. The lowest BCUT2D eigenvalue weighted by Crippen LogP contribution is -2.24. The van der Waals surface area contributed by atoms with Gasteiger partial charge < -0.3 is 0 Å². The molecule has 19 heavy (non-hydrogen) atoms. The van der Waals surface area contributed by atoms with Gasteiger partial charge >= 0.3 is 0 Å². The van der Waals surface area contributed by atoms with E-state index in [2.05, 4.69) is 36.4 Å². The van der Waals surface area contributed by atoms with Crippen LogP contribution in [0.2, 0.25) is 0 Å². The molecule has 5 rings (SSSR count). The van der Waals surface area contributed by atoms with Gasteiger partial charge in [0, 0.05) is 17.4 Å². The zero-order valence-corrected chi connectivity index (χ0v) is 11.0. The fourth-order valence-electron chi connectivity index (χ4n) is 3.85. The van der Waals surface area contributed by atoms with Crippen LogP contribution in [0.1, 0.15) is 64.2 Å². The maximum absolute atomic E-state index is 11.6. The molecule has 2 aromatic rings. The summed E-state index contributed by atoms with van der Waals surface area (Å²) in [7, 11) is 0. The summed E-state index contributed by atoms with van der Waals surface area (Å²) in [6.45, 7) is 1.65. The summed E-state index contributed by atoms with van der Waals surface area (Å²) in [6, 6.07) is 15.1. The first-order valence-electron chi connectivity index (χ1n) is 6.99. The summed E-state index contributed by atoms with van der Waals surface area (Å²) in [5.41, 5.74) is 6.67. The highest BCUT2D eigenvalue weighted by atomic mass is 16.1. The molecule has 1 nitrogen and oxygen atoms in total. The number of benzene rings is 2. The van der Waals surface area contributed by atoms with E-state index in [9.17, 15) is 4.79 Å². The summed E-state index contributed by atoms with van der Waals surface area (Å²) in [5.74, 6) is 1.20. The monoisotopic (exact) mass is 248 g/mol. The predicted molar refractivity (Wildman–Crippen MR) is 75.8 cm³/mol. The Morgan fingerprint density at radius 1 is 0.895 bits per heavy atom. The second-order valence-corrected chi connectivity index (χ2v) is 5.71. The molecule has 0 radical (unpaired) electrons. The summed E-state index contributed by atoms with van der Waals surface area (Å²) >= 11 is 0. The summed E-state index contributed by atoms with van der Waals surface area (Å²) in [4.78, 5) is 11.6. The van der Waals surface area contributed by atoms with Crippen molar-refractivity contribution in [2.45, 2.75) is 31.6 Å². The number of rotatable bonds is 1. The molecule has 0 N–H and O–H groups in total. The molecule has 0 amide bonds. The average Bonchev–Trinajstić information content (AvgIpc) is 2.47. The van der Waals surface area contributed by atoms with Gasteiger partial charge in [0.2, 0.25) is 0 Å². The second kappa shape index (κ2) is 3.80. The zero-order chi connectivity index (χ0) is 13.0. The van der Waals surface area contributed by atoms with Gasteiger partial charge in [0.05, 0.1) is 0 Å². The molecule has 2 unspecified atom stereocenters. The van der Waals surface area contributed by atoms with E-state index in [4.69, 9.17) is 0 Å². The molecule has 0 spiro atoms. The molecule has 94 valence electrons.